The molecule has 2 heterocycles. The van der Waals surface area contributed by atoms with E-state index < -0.39 is 0 Å². The molecule has 3 nitrogen and oxygen atoms in total. The standard InChI is InChI=1S/C9H8ClN3S/c10-8-2-1-3-12-9(8)14-5-7-4-11-6-13-7/h1-4,6H,5H2,(H,11,13). The van der Waals surface area contributed by atoms with Crippen LogP contribution in [0.4, 0.5) is 0 Å². The zero-order valence-electron chi connectivity index (χ0n) is 7.27. The first kappa shape index (κ1) is 9.55. The second-order valence-corrected chi connectivity index (χ2v) is 4.01. The molecule has 0 saturated carbocycles. The molecule has 0 amide bonds. The maximum atomic E-state index is 5.95. The molecule has 2 aromatic heterocycles. The van der Waals surface area contributed by atoms with E-state index in [1.807, 2.05) is 18.3 Å². The molecule has 0 radical (unpaired) electrons. The van der Waals surface area contributed by atoms with Gasteiger partial charge in [0.25, 0.3) is 0 Å². The second-order valence-electron chi connectivity index (χ2n) is 2.64. The van der Waals surface area contributed by atoms with E-state index >= 15 is 0 Å². The molecule has 0 fully saturated rings. The Kier molecular flexibility index (Phi) is 3.06. The lowest BCUT2D eigenvalue weighted by atomic mass is 10.5. The molecular weight excluding hydrogens is 218 g/mol. The van der Waals surface area contributed by atoms with E-state index in [4.69, 9.17) is 11.6 Å². The number of nitrogens with zero attached hydrogens (tertiary/aromatic N) is 2. The molecule has 5 heteroatoms. The third-order valence-corrected chi connectivity index (χ3v) is 3.09. The maximum Gasteiger partial charge on any atom is 0.115 e. The minimum Gasteiger partial charge on any atom is -0.351 e. The highest BCUT2D eigenvalue weighted by atomic mass is 35.5. The summed E-state index contributed by atoms with van der Waals surface area (Å²) in [6, 6.07) is 3.66. The molecule has 0 aliphatic carbocycles. The first-order valence-corrected chi connectivity index (χ1v) is 5.43. The summed E-state index contributed by atoms with van der Waals surface area (Å²) in [5.41, 5.74) is 0.997. The number of aromatic amines is 1. The van der Waals surface area contributed by atoms with Gasteiger partial charge in [0.15, 0.2) is 0 Å². The Bertz CT molecular complexity index is 402. The molecule has 0 spiro atoms. The Balaban J connectivity index is 2.02. The Labute approximate surface area is 90.9 Å². The lowest BCUT2D eigenvalue weighted by molar-refractivity contribution is 1.12. The molecular formula is C9H8ClN3S. The first-order valence-electron chi connectivity index (χ1n) is 4.07. The highest BCUT2D eigenvalue weighted by Crippen LogP contribution is 2.26. The van der Waals surface area contributed by atoms with E-state index in [1.54, 1.807) is 24.3 Å². The number of aromatic nitrogens is 3. The van der Waals surface area contributed by atoms with Gasteiger partial charge in [-0.25, -0.2) is 9.97 Å². The Morgan fingerprint density at radius 3 is 3.07 bits per heavy atom. The van der Waals surface area contributed by atoms with Crippen molar-refractivity contribution in [2.45, 2.75) is 10.8 Å². The molecule has 0 bridgehead atoms. The molecule has 0 unspecified atom stereocenters. The van der Waals surface area contributed by atoms with Crippen molar-refractivity contribution in [2.24, 2.45) is 0 Å². The van der Waals surface area contributed by atoms with Gasteiger partial charge in [0, 0.05) is 18.1 Å². The van der Waals surface area contributed by atoms with Crippen molar-refractivity contribution in [2.75, 3.05) is 0 Å². The molecule has 2 aromatic rings. The molecule has 0 saturated heterocycles. The predicted octanol–water partition coefficient (Wildman–Crippen LogP) is 2.75. The number of H-pyrrole nitrogens is 1. The number of thioether (sulfide) groups is 1. The first-order chi connectivity index (χ1) is 6.86. The Hall–Kier alpha value is -1.00. The molecule has 14 heavy (non-hydrogen) atoms. The number of pyridine rings is 1. The minimum atomic E-state index is 0.688. The van der Waals surface area contributed by atoms with Crippen LogP contribution < -0.4 is 0 Å². The average molecular weight is 226 g/mol. The van der Waals surface area contributed by atoms with Gasteiger partial charge in [-0.3, -0.25) is 0 Å². The predicted molar refractivity (Wildman–Crippen MR) is 57.4 cm³/mol. The smallest absolute Gasteiger partial charge is 0.115 e. The summed E-state index contributed by atoms with van der Waals surface area (Å²) >= 11 is 7.53. The van der Waals surface area contributed by atoms with Gasteiger partial charge in [0.05, 0.1) is 17.0 Å². The van der Waals surface area contributed by atoms with Crippen LogP contribution in [0.5, 0.6) is 0 Å². The van der Waals surface area contributed by atoms with Crippen LogP contribution in [0.2, 0.25) is 5.02 Å². The van der Waals surface area contributed by atoms with Gasteiger partial charge in [0.2, 0.25) is 0 Å². The Morgan fingerprint density at radius 2 is 2.36 bits per heavy atom. The third-order valence-electron chi connectivity index (χ3n) is 1.64. The van der Waals surface area contributed by atoms with Crippen molar-refractivity contribution in [3.05, 3.63) is 41.6 Å². The van der Waals surface area contributed by atoms with Gasteiger partial charge in [0.1, 0.15) is 5.03 Å². The fraction of sp³-hybridized carbons (Fsp3) is 0.111. The number of nitrogens with one attached hydrogen (secondary N) is 1. The summed E-state index contributed by atoms with van der Waals surface area (Å²) in [7, 11) is 0. The number of hydrogen-bond acceptors (Lipinski definition) is 3. The van der Waals surface area contributed by atoms with Gasteiger partial charge >= 0.3 is 0 Å². The summed E-state index contributed by atoms with van der Waals surface area (Å²) in [4.78, 5) is 11.2. The second kappa shape index (κ2) is 4.48. The molecule has 0 aliphatic rings. The van der Waals surface area contributed by atoms with Crippen molar-refractivity contribution in [1.82, 2.24) is 15.0 Å². The van der Waals surface area contributed by atoms with E-state index in [-0.39, 0.29) is 0 Å². The van der Waals surface area contributed by atoms with Crippen LogP contribution >= 0.6 is 23.4 Å². The maximum absolute atomic E-state index is 5.95. The van der Waals surface area contributed by atoms with Gasteiger partial charge in [-0.05, 0) is 12.1 Å². The largest absolute Gasteiger partial charge is 0.351 e. The van der Waals surface area contributed by atoms with E-state index in [0.29, 0.717) is 5.02 Å². The van der Waals surface area contributed by atoms with Crippen LogP contribution in [-0.2, 0) is 5.75 Å². The van der Waals surface area contributed by atoms with Crippen LogP contribution in [0.15, 0.2) is 35.9 Å². The van der Waals surface area contributed by atoms with Gasteiger partial charge in [-0.15, -0.1) is 0 Å². The lowest BCUT2D eigenvalue weighted by Gasteiger charge is -1.99. The number of imidazole rings is 1. The van der Waals surface area contributed by atoms with Crippen LogP contribution in [0.25, 0.3) is 0 Å². The highest BCUT2D eigenvalue weighted by Gasteiger charge is 2.02. The SMILES string of the molecule is Clc1cccnc1SCc1c[nH]cn1. The molecule has 0 aromatic carbocycles. The normalized spacial score (nSPS) is 10.4. The van der Waals surface area contributed by atoms with E-state index in [1.165, 1.54) is 0 Å². The zero-order chi connectivity index (χ0) is 9.80. The number of rotatable bonds is 3. The summed E-state index contributed by atoms with van der Waals surface area (Å²) in [5.74, 6) is 0.778. The van der Waals surface area contributed by atoms with Gasteiger partial charge < -0.3 is 4.98 Å². The van der Waals surface area contributed by atoms with E-state index in [0.717, 1.165) is 16.5 Å². The minimum absolute atomic E-state index is 0.688. The van der Waals surface area contributed by atoms with Gasteiger partial charge in [-0.1, -0.05) is 23.4 Å². The molecule has 1 N–H and O–H groups in total. The number of halogens is 1. The fourth-order valence-electron chi connectivity index (χ4n) is 0.990. The Morgan fingerprint density at radius 1 is 1.43 bits per heavy atom. The lowest BCUT2D eigenvalue weighted by Crippen LogP contribution is -1.83. The van der Waals surface area contributed by atoms with Crippen LogP contribution in [-0.4, -0.2) is 15.0 Å². The highest BCUT2D eigenvalue weighted by molar-refractivity contribution is 7.98. The summed E-state index contributed by atoms with van der Waals surface area (Å²) in [6.45, 7) is 0. The van der Waals surface area contributed by atoms with Crippen molar-refractivity contribution in [1.29, 1.82) is 0 Å². The fourth-order valence-corrected chi connectivity index (χ4v) is 2.06. The zero-order valence-corrected chi connectivity index (χ0v) is 8.85. The molecule has 72 valence electrons. The average Bonchev–Trinajstić information content (AvgIpc) is 2.69. The summed E-state index contributed by atoms with van der Waals surface area (Å²) < 4.78 is 0. The van der Waals surface area contributed by atoms with Crippen molar-refractivity contribution >= 4 is 23.4 Å². The van der Waals surface area contributed by atoms with Crippen molar-refractivity contribution in [3.8, 4) is 0 Å². The van der Waals surface area contributed by atoms with Crippen LogP contribution in [0, 0.1) is 0 Å². The van der Waals surface area contributed by atoms with E-state index in [2.05, 4.69) is 15.0 Å². The van der Waals surface area contributed by atoms with Crippen molar-refractivity contribution in [3.63, 3.8) is 0 Å². The monoisotopic (exact) mass is 225 g/mol. The summed E-state index contributed by atoms with van der Waals surface area (Å²) in [6.07, 6.45) is 5.26. The van der Waals surface area contributed by atoms with Crippen LogP contribution in [0.1, 0.15) is 5.69 Å². The van der Waals surface area contributed by atoms with Crippen molar-refractivity contribution < 1.29 is 0 Å². The third kappa shape index (κ3) is 2.27. The summed E-state index contributed by atoms with van der Waals surface area (Å²) in [5, 5.41) is 1.53. The quantitative estimate of drug-likeness (QED) is 0.817. The molecule has 0 aliphatic heterocycles. The topological polar surface area (TPSA) is 41.6 Å². The molecule has 2 rings (SSSR count). The number of hydrogen-bond donors (Lipinski definition) is 1. The van der Waals surface area contributed by atoms with E-state index in [9.17, 15) is 0 Å². The van der Waals surface area contributed by atoms with Gasteiger partial charge in [-0.2, -0.15) is 0 Å². The molecule has 0 atom stereocenters. The van der Waals surface area contributed by atoms with Crippen LogP contribution in [0.3, 0.4) is 0 Å².